The number of halogens is 1. The summed E-state index contributed by atoms with van der Waals surface area (Å²) >= 11 is 3.39. The maximum absolute atomic E-state index is 9.39. The van der Waals surface area contributed by atoms with E-state index in [1.807, 2.05) is 12.1 Å². The van der Waals surface area contributed by atoms with Crippen molar-refractivity contribution in [2.45, 2.75) is 19.1 Å². The van der Waals surface area contributed by atoms with Gasteiger partial charge in [-0.1, -0.05) is 5.16 Å². The van der Waals surface area contributed by atoms with Crippen molar-refractivity contribution in [3.05, 3.63) is 28.6 Å². The number of methoxy groups -OCH3 is 1. The molecule has 0 saturated heterocycles. The van der Waals surface area contributed by atoms with Gasteiger partial charge in [-0.15, -0.1) is 0 Å². The number of nitrogens with two attached hydrogens (primary N) is 1. The Morgan fingerprint density at radius 3 is 2.79 bits per heavy atom. The van der Waals surface area contributed by atoms with Crippen molar-refractivity contribution in [1.82, 2.24) is 10.1 Å². The zero-order valence-electron chi connectivity index (χ0n) is 10.5. The number of hydrogen-bond acceptors (Lipinski definition) is 6. The molecule has 0 radical (unpaired) electrons. The first-order chi connectivity index (χ1) is 9.02. The molecule has 1 aromatic carbocycles. The average molecular weight is 328 g/mol. The second kappa shape index (κ2) is 5.68. The van der Waals surface area contributed by atoms with Gasteiger partial charge in [0.1, 0.15) is 11.8 Å². The zero-order chi connectivity index (χ0) is 14.0. The fraction of sp³-hybridized carbons (Fsp3) is 0.333. The molecule has 2 atom stereocenters. The molecule has 0 aliphatic rings. The van der Waals surface area contributed by atoms with Gasteiger partial charge >= 0.3 is 0 Å². The fourth-order valence-corrected chi connectivity index (χ4v) is 2.04. The van der Waals surface area contributed by atoms with E-state index in [9.17, 15) is 5.11 Å². The lowest BCUT2D eigenvalue weighted by atomic mass is 10.2. The van der Waals surface area contributed by atoms with Gasteiger partial charge in [0.2, 0.25) is 11.7 Å². The predicted octanol–water partition coefficient (Wildman–Crippen LogP) is 1.89. The molecule has 1 aromatic heterocycles. The van der Waals surface area contributed by atoms with Gasteiger partial charge in [-0.3, -0.25) is 0 Å². The first-order valence-electron chi connectivity index (χ1n) is 5.64. The molecule has 2 aromatic rings. The molecule has 1 heterocycles. The molecule has 0 aliphatic carbocycles. The molecule has 0 unspecified atom stereocenters. The Kier molecular flexibility index (Phi) is 4.18. The summed E-state index contributed by atoms with van der Waals surface area (Å²) < 4.78 is 11.0. The van der Waals surface area contributed by atoms with E-state index in [1.165, 1.54) is 0 Å². The maximum Gasteiger partial charge on any atom is 0.246 e. The van der Waals surface area contributed by atoms with Crippen LogP contribution >= 0.6 is 15.9 Å². The summed E-state index contributed by atoms with van der Waals surface area (Å²) in [7, 11) is 1.59. The topological polar surface area (TPSA) is 94.4 Å². The molecule has 2 rings (SSSR count). The Labute approximate surface area is 118 Å². The van der Waals surface area contributed by atoms with E-state index in [1.54, 1.807) is 20.1 Å². The van der Waals surface area contributed by atoms with E-state index >= 15 is 0 Å². The third kappa shape index (κ3) is 2.94. The van der Waals surface area contributed by atoms with Crippen LogP contribution in [0.1, 0.15) is 18.9 Å². The lowest BCUT2D eigenvalue weighted by Crippen LogP contribution is -2.23. The number of ether oxygens (including phenoxy) is 1. The second-order valence-electron chi connectivity index (χ2n) is 4.07. The Morgan fingerprint density at radius 2 is 2.21 bits per heavy atom. The highest BCUT2D eigenvalue weighted by atomic mass is 79.9. The second-order valence-corrected chi connectivity index (χ2v) is 4.93. The maximum atomic E-state index is 9.39. The van der Waals surface area contributed by atoms with E-state index in [4.69, 9.17) is 15.0 Å². The van der Waals surface area contributed by atoms with Crippen LogP contribution in [0.3, 0.4) is 0 Å². The molecule has 0 spiro atoms. The molecule has 19 heavy (non-hydrogen) atoms. The molecule has 102 valence electrons. The zero-order valence-corrected chi connectivity index (χ0v) is 12.1. The number of aliphatic hydroxyl groups is 1. The summed E-state index contributed by atoms with van der Waals surface area (Å²) in [5, 5.41) is 13.2. The van der Waals surface area contributed by atoms with Crippen LogP contribution in [0.4, 0.5) is 0 Å². The Balaban J connectivity index is 2.30. The van der Waals surface area contributed by atoms with Crippen molar-refractivity contribution in [2.24, 2.45) is 5.73 Å². The Hall–Kier alpha value is -1.44. The third-order valence-electron chi connectivity index (χ3n) is 2.66. The summed E-state index contributed by atoms with van der Waals surface area (Å²) in [6, 6.07) is 4.74. The minimum absolute atomic E-state index is 0.206. The van der Waals surface area contributed by atoms with Crippen LogP contribution in [0.25, 0.3) is 11.4 Å². The van der Waals surface area contributed by atoms with Crippen molar-refractivity contribution in [3.63, 3.8) is 0 Å². The van der Waals surface area contributed by atoms with Gasteiger partial charge in [-0.2, -0.15) is 4.98 Å². The quantitative estimate of drug-likeness (QED) is 0.890. The molecule has 0 fully saturated rings. The smallest absolute Gasteiger partial charge is 0.246 e. The minimum Gasteiger partial charge on any atom is -0.496 e. The van der Waals surface area contributed by atoms with Crippen LogP contribution in [0.15, 0.2) is 27.2 Å². The summed E-state index contributed by atoms with van der Waals surface area (Å²) in [6.45, 7) is 1.57. The van der Waals surface area contributed by atoms with Crippen molar-refractivity contribution in [1.29, 1.82) is 0 Å². The van der Waals surface area contributed by atoms with Crippen LogP contribution in [-0.2, 0) is 0 Å². The first kappa shape index (κ1) is 14.0. The van der Waals surface area contributed by atoms with Crippen molar-refractivity contribution in [3.8, 4) is 17.1 Å². The third-order valence-corrected chi connectivity index (χ3v) is 3.28. The SMILES string of the molecule is COc1ccc(-c2noc([C@@H](N)[C@@H](C)O)n2)cc1Br. The largest absolute Gasteiger partial charge is 0.496 e. The monoisotopic (exact) mass is 327 g/mol. The first-order valence-corrected chi connectivity index (χ1v) is 6.43. The van der Waals surface area contributed by atoms with E-state index in [0.717, 1.165) is 10.0 Å². The van der Waals surface area contributed by atoms with Gasteiger partial charge in [0, 0.05) is 5.56 Å². The van der Waals surface area contributed by atoms with Crippen LogP contribution < -0.4 is 10.5 Å². The highest BCUT2D eigenvalue weighted by molar-refractivity contribution is 9.10. The van der Waals surface area contributed by atoms with E-state index in [0.29, 0.717) is 11.6 Å². The predicted molar refractivity (Wildman–Crippen MR) is 72.6 cm³/mol. The van der Waals surface area contributed by atoms with Crippen LogP contribution in [0, 0.1) is 0 Å². The summed E-state index contributed by atoms with van der Waals surface area (Å²) in [6.07, 6.45) is -0.754. The van der Waals surface area contributed by atoms with Gasteiger partial charge in [0.25, 0.3) is 0 Å². The molecular weight excluding hydrogens is 314 g/mol. The highest BCUT2D eigenvalue weighted by Crippen LogP contribution is 2.29. The number of aliphatic hydroxyl groups excluding tert-OH is 1. The number of rotatable bonds is 4. The Bertz CT molecular complexity index is 571. The van der Waals surface area contributed by atoms with Gasteiger partial charge in [-0.05, 0) is 41.1 Å². The van der Waals surface area contributed by atoms with E-state index < -0.39 is 12.1 Å². The molecule has 0 aliphatic heterocycles. The molecule has 0 amide bonds. The summed E-state index contributed by atoms with van der Waals surface area (Å²) in [5.41, 5.74) is 6.49. The van der Waals surface area contributed by atoms with Gasteiger partial charge in [0.15, 0.2) is 0 Å². The molecular formula is C12H14BrN3O3. The molecule has 3 N–H and O–H groups in total. The number of hydrogen-bond donors (Lipinski definition) is 2. The van der Waals surface area contributed by atoms with Gasteiger partial charge < -0.3 is 20.1 Å². The average Bonchev–Trinajstić information content (AvgIpc) is 2.87. The van der Waals surface area contributed by atoms with Crippen LogP contribution in [0.2, 0.25) is 0 Å². The summed E-state index contributed by atoms with van der Waals surface area (Å²) in [5.74, 6) is 1.33. The molecule has 0 saturated carbocycles. The van der Waals surface area contributed by atoms with Crippen LogP contribution in [0.5, 0.6) is 5.75 Å². The number of aromatic nitrogens is 2. The number of benzene rings is 1. The van der Waals surface area contributed by atoms with Crippen molar-refractivity contribution >= 4 is 15.9 Å². The van der Waals surface area contributed by atoms with Crippen LogP contribution in [-0.4, -0.2) is 28.5 Å². The molecule has 6 nitrogen and oxygen atoms in total. The minimum atomic E-state index is -0.754. The highest BCUT2D eigenvalue weighted by Gasteiger charge is 2.20. The normalized spacial score (nSPS) is 14.2. The van der Waals surface area contributed by atoms with Crippen molar-refractivity contribution in [2.75, 3.05) is 7.11 Å². The standard InChI is InChI=1S/C12H14BrN3O3/c1-6(17)10(14)12-15-11(16-19-12)7-3-4-9(18-2)8(13)5-7/h3-6,10,17H,14H2,1-2H3/t6-,10+/m1/s1. The fourth-order valence-electron chi connectivity index (χ4n) is 1.50. The molecule has 7 heteroatoms. The van der Waals surface area contributed by atoms with Crippen molar-refractivity contribution < 1.29 is 14.4 Å². The lowest BCUT2D eigenvalue weighted by molar-refractivity contribution is 0.146. The Morgan fingerprint density at radius 1 is 1.47 bits per heavy atom. The van der Waals surface area contributed by atoms with Gasteiger partial charge in [-0.25, -0.2) is 0 Å². The summed E-state index contributed by atoms with van der Waals surface area (Å²) in [4.78, 5) is 4.17. The van der Waals surface area contributed by atoms with E-state index in [-0.39, 0.29) is 5.89 Å². The molecule has 0 bridgehead atoms. The van der Waals surface area contributed by atoms with Gasteiger partial charge in [0.05, 0.1) is 17.7 Å². The number of nitrogens with zero attached hydrogens (tertiary/aromatic N) is 2. The lowest BCUT2D eigenvalue weighted by Gasteiger charge is -2.08. The van der Waals surface area contributed by atoms with E-state index in [2.05, 4.69) is 26.1 Å².